The fraction of sp³-hybridized carbons (Fsp3) is 1.00. The molecule has 0 rings (SSSR count). The maximum absolute atomic E-state index is 8.64. The van der Waals surface area contributed by atoms with Crippen LogP contribution >= 0.6 is 0 Å². The van der Waals surface area contributed by atoms with Crippen molar-refractivity contribution in [2.45, 2.75) is 65.2 Å². The Morgan fingerprint density at radius 2 is 0.840 bits per heavy atom. The molecule has 0 aliphatic rings. The van der Waals surface area contributed by atoms with Gasteiger partial charge < -0.3 is 24.1 Å². The zero-order chi connectivity index (χ0) is 18.4. The molecule has 0 saturated heterocycles. The molecule has 0 radical (unpaired) electrons. The van der Waals surface area contributed by atoms with Crippen molar-refractivity contribution in [3.63, 3.8) is 0 Å². The molecule has 0 fully saturated rings. The highest BCUT2D eigenvalue weighted by atomic mass is 16.5. The second-order valence-corrected chi connectivity index (χ2v) is 6.86. The fourth-order valence-electron chi connectivity index (χ4n) is 2.17. The molecule has 1 N–H and O–H groups in total. The number of aliphatic hydroxyl groups is 1. The van der Waals surface area contributed by atoms with Crippen molar-refractivity contribution in [2.24, 2.45) is 5.92 Å². The lowest BCUT2D eigenvalue weighted by Gasteiger charge is -2.07. The van der Waals surface area contributed by atoms with E-state index in [1.165, 1.54) is 0 Å². The van der Waals surface area contributed by atoms with E-state index in [2.05, 4.69) is 13.8 Å². The molecule has 0 saturated carbocycles. The summed E-state index contributed by atoms with van der Waals surface area (Å²) >= 11 is 0. The molecule has 5 nitrogen and oxygen atoms in total. The minimum absolute atomic E-state index is 0.260. The molecule has 0 bridgehead atoms. The molecule has 25 heavy (non-hydrogen) atoms. The monoisotopic (exact) mass is 362 g/mol. The van der Waals surface area contributed by atoms with Crippen LogP contribution in [0.1, 0.15) is 65.2 Å². The highest BCUT2D eigenvalue weighted by Gasteiger charge is 1.96. The predicted octanol–water partition coefficient (Wildman–Crippen LogP) is 3.82. The first-order valence-electron chi connectivity index (χ1n) is 10.2. The number of unbranched alkanes of at least 4 members (excludes halogenated alkanes) is 4. The number of ether oxygens (including phenoxy) is 4. The number of rotatable bonds is 21. The van der Waals surface area contributed by atoms with E-state index in [0.717, 1.165) is 104 Å². The summed E-state index contributed by atoms with van der Waals surface area (Å²) in [5.41, 5.74) is 0. The van der Waals surface area contributed by atoms with Gasteiger partial charge in [-0.05, 0) is 57.3 Å². The molecule has 0 amide bonds. The van der Waals surface area contributed by atoms with E-state index >= 15 is 0 Å². The van der Waals surface area contributed by atoms with Crippen LogP contribution in [0.4, 0.5) is 0 Å². The van der Waals surface area contributed by atoms with E-state index in [-0.39, 0.29) is 6.61 Å². The first-order valence-corrected chi connectivity index (χ1v) is 10.2. The third-order valence-electron chi connectivity index (χ3n) is 3.63. The van der Waals surface area contributed by atoms with E-state index in [1.54, 1.807) is 0 Å². The normalized spacial score (nSPS) is 11.5. The van der Waals surface area contributed by atoms with Gasteiger partial charge in [0.2, 0.25) is 0 Å². The molecule has 0 aliphatic heterocycles. The summed E-state index contributed by atoms with van der Waals surface area (Å²) < 4.78 is 22.2. The molecule has 0 unspecified atom stereocenters. The van der Waals surface area contributed by atoms with Crippen LogP contribution in [0.25, 0.3) is 0 Å². The van der Waals surface area contributed by atoms with Crippen molar-refractivity contribution >= 4 is 0 Å². The average Bonchev–Trinajstić information content (AvgIpc) is 2.60. The van der Waals surface area contributed by atoms with Gasteiger partial charge in [0.25, 0.3) is 0 Å². The maximum atomic E-state index is 8.64. The van der Waals surface area contributed by atoms with Crippen molar-refractivity contribution in [1.82, 2.24) is 0 Å². The van der Waals surface area contributed by atoms with Gasteiger partial charge in [-0.25, -0.2) is 0 Å². The second-order valence-electron chi connectivity index (χ2n) is 6.86. The third-order valence-corrected chi connectivity index (χ3v) is 3.63. The second kappa shape index (κ2) is 21.8. The quantitative estimate of drug-likeness (QED) is 0.315. The Balaban J connectivity index is 2.96. The lowest BCUT2D eigenvalue weighted by Crippen LogP contribution is -2.05. The highest BCUT2D eigenvalue weighted by molar-refractivity contribution is 4.44. The molecule has 152 valence electrons. The Morgan fingerprint density at radius 1 is 0.520 bits per heavy atom. The molecule has 0 aromatic carbocycles. The summed E-state index contributed by atoms with van der Waals surface area (Å²) in [5.74, 6) is 0.620. The van der Waals surface area contributed by atoms with Gasteiger partial charge in [0.15, 0.2) is 0 Å². The average molecular weight is 363 g/mol. The molecule has 0 spiro atoms. The molecule has 0 aromatic rings. The van der Waals surface area contributed by atoms with Gasteiger partial charge in [-0.3, -0.25) is 0 Å². The van der Waals surface area contributed by atoms with Crippen LogP contribution in [0, 0.1) is 5.92 Å². The smallest absolute Gasteiger partial charge is 0.0488 e. The Morgan fingerprint density at radius 3 is 1.16 bits per heavy atom. The van der Waals surface area contributed by atoms with Crippen molar-refractivity contribution in [2.75, 3.05) is 59.5 Å². The Labute approximate surface area is 155 Å². The molecule has 0 aromatic heterocycles. The number of aliphatic hydroxyl groups excluding tert-OH is 1. The Hall–Kier alpha value is -0.200. The van der Waals surface area contributed by atoms with E-state index in [4.69, 9.17) is 24.1 Å². The standard InChI is InChI=1S/C20H42O5/c1-20(2)19-25-18-10-9-17-24-16-8-7-15-23-14-6-5-13-22-12-4-3-11-21/h20-21H,3-19H2,1-2H3. The molecule has 0 heterocycles. The minimum Gasteiger partial charge on any atom is -0.396 e. The fourth-order valence-corrected chi connectivity index (χ4v) is 2.17. The Kier molecular flexibility index (Phi) is 21.7. The Bertz CT molecular complexity index is 236. The third kappa shape index (κ3) is 23.8. The van der Waals surface area contributed by atoms with Gasteiger partial charge in [-0.1, -0.05) is 13.8 Å². The van der Waals surface area contributed by atoms with Crippen LogP contribution in [0.15, 0.2) is 0 Å². The summed E-state index contributed by atoms with van der Waals surface area (Å²) in [5, 5.41) is 8.64. The van der Waals surface area contributed by atoms with E-state index in [0.29, 0.717) is 5.92 Å². The summed E-state index contributed by atoms with van der Waals surface area (Å²) in [6.45, 7) is 11.2. The van der Waals surface area contributed by atoms with Crippen molar-refractivity contribution in [3.05, 3.63) is 0 Å². The first kappa shape index (κ1) is 24.8. The van der Waals surface area contributed by atoms with Crippen molar-refractivity contribution in [1.29, 1.82) is 0 Å². The van der Waals surface area contributed by atoms with Gasteiger partial charge in [0.1, 0.15) is 0 Å². The topological polar surface area (TPSA) is 57.2 Å². The van der Waals surface area contributed by atoms with Crippen LogP contribution in [0.3, 0.4) is 0 Å². The molecular weight excluding hydrogens is 320 g/mol. The van der Waals surface area contributed by atoms with E-state index in [9.17, 15) is 0 Å². The zero-order valence-corrected chi connectivity index (χ0v) is 16.7. The molecule has 0 aliphatic carbocycles. The maximum Gasteiger partial charge on any atom is 0.0488 e. The van der Waals surface area contributed by atoms with Gasteiger partial charge >= 0.3 is 0 Å². The molecular formula is C20H42O5. The highest BCUT2D eigenvalue weighted by Crippen LogP contribution is 1.99. The zero-order valence-electron chi connectivity index (χ0n) is 16.7. The largest absolute Gasteiger partial charge is 0.396 e. The summed E-state index contributed by atoms with van der Waals surface area (Å²) in [4.78, 5) is 0. The van der Waals surface area contributed by atoms with E-state index in [1.807, 2.05) is 0 Å². The molecule has 5 heteroatoms. The summed E-state index contributed by atoms with van der Waals surface area (Å²) in [6.07, 6.45) is 8.17. The minimum atomic E-state index is 0.260. The summed E-state index contributed by atoms with van der Waals surface area (Å²) in [6, 6.07) is 0. The van der Waals surface area contributed by atoms with Gasteiger partial charge in [-0.2, -0.15) is 0 Å². The van der Waals surface area contributed by atoms with Crippen LogP contribution in [-0.4, -0.2) is 64.6 Å². The first-order chi connectivity index (χ1) is 12.3. The van der Waals surface area contributed by atoms with Crippen LogP contribution in [-0.2, 0) is 18.9 Å². The van der Waals surface area contributed by atoms with Crippen LogP contribution in [0.2, 0.25) is 0 Å². The van der Waals surface area contributed by atoms with Gasteiger partial charge in [-0.15, -0.1) is 0 Å². The van der Waals surface area contributed by atoms with Crippen molar-refractivity contribution in [3.8, 4) is 0 Å². The van der Waals surface area contributed by atoms with Gasteiger partial charge in [0.05, 0.1) is 0 Å². The van der Waals surface area contributed by atoms with Crippen molar-refractivity contribution < 1.29 is 24.1 Å². The lowest BCUT2D eigenvalue weighted by molar-refractivity contribution is 0.0802. The van der Waals surface area contributed by atoms with Gasteiger partial charge in [0, 0.05) is 59.5 Å². The lowest BCUT2D eigenvalue weighted by atomic mass is 10.2. The van der Waals surface area contributed by atoms with Crippen LogP contribution < -0.4 is 0 Å². The molecule has 0 atom stereocenters. The number of hydrogen-bond donors (Lipinski definition) is 1. The van der Waals surface area contributed by atoms with E-state index < -0.39 is 0 Å². The predicted molar refractivity (Wildman–Crippen MR) is 102 cm³/mol. The van der Waals surface area contributed by atoms with Crippen LogP contribution in [0.5, 0.6) is 0 Å². The summed E-state index contributed by atoms with van der Waals surface area (Å²) in [7, 11) is 0. The number of hydrogen-bond acceptors (Lipinski definition) is 5. The SMILES string of the molecule is CC(C)COCCCCOCCCCOCCCCOCCCCO.